The summed E-state index contributed by atoms with van der Waals surface area (Å²) in [4.78, 5) is 0. The first kappa shape index (κ1) is 40.8. The second-order valence-electron chi connectivity index (χ2n) is 21.0. The van der Waals surface area contributed by atoms with Crippen molar-refractivity contribution in [1.29, 1.82) is 0 Å². The number of benzene rings is 12. The maximum absolute atomic E-state index is 2.57. The second kappa shape index (κ2) is 14.7. The summed E-state index contributed by atoms with van der Waals surface area (Å²) >= 11 is 1.99. The van der Waals surface area contributed by atoms with E-state index in [0.717, 1.165) is 0 Å². The molecule has 71 heavy (non-hydrogen) atoms. The van der Waals surface area contributed by atoms with Crippen molar-refractivity contribution in [2.45, 2.75) is 38.5 Å². The summed E-state index contributed by atoms with van der Waals surface area (Å²) in [7, 11) is 0. The molecule has 2 aliphatic rings. The largest absolute Gasteiger partial charge is 0.135 e. The minimum absolute atomic E-state index is 0.268. The lowest BCUT2D eigenvalue weighted by Gasteiger charge is -2.27. The minimum atomic E-state index is -0.279. The van der Waals surface area contributed by atoms with Crippen LogP contribution in [-0.4, -0.2) is 0 Å². The molecule has 1 aromatic heterocycles. The van der Waals surface area contributed by atoms with Gasteiger partial charge in [-0.2, -0.15) is 0 Å². The zero-order valence-electron chi connectivity index (χ0n) is 40.2. The Bertz CT molecular complexity index is 4320. The molecule has 12 aromatic carbocycles. The van der Waals surface area contributed by atoms with Crippen LogP contribution < -0.4 is 0 Å². The van der Waals surface area contributed by atoms with Gasteiger partial charge in [0.05, 0.1) is 0 Å². The lowest BCUT2D eigenvalue weighted by atomic mass is 9.76. The Morgan fingerprint density at radius 1 is 0.282 bits per heavy atom. The molecule has 0 amide bonds. The lowest BCUT2D eigenvalue weighted by Crippen LogP contribution is -2.18. The monoisotopic (exact) mass is 920 g/mol. The molecule has 334 valence electrons. The van der Waals surface area contributed by atoms with Crippen molar-refractivity contribution in [3.05, 3.63) is 241 Å². The van der Waals surface area contributed by atoms with Gasteiger partial charge in [-0.1, -0.05) is 228 Å². The fourth-order valence-corrected chi connectivity index (χ4v) is 15.0. The third kappa shape index (κ3) is 5.50. The van der Waals surface area contributed by atoms with Crippen LogP contribution in [0.25, 0.3) is 130 Å². The Morgan fingerprint density at radius 2 is 0.606 bits per heavy atom. The third-order valence-corrected chi connectivity index (χ3v) is 17.8. The average molecular weight is 921 g/mol. The van der Waals surface area contributed by atoms with Crippen molar-refractivity contribution in [2.75, 3.05) is 0 Å². The van der Waals surface area contributed by atoms with Gasteiger partial charge in [0.25, 0.3) is 0 Å². The van der Waals surface area contributed by atoms with E-state index in [1.807, 2.05) is 11.3 Å². The fraction of sp³-hybridized carbons (Fsp3) is 0.0857. The highest BCUT2D eigenvalue weighted by Crippen LogP contribution is 2.65. The van der Waals surface area contributed by atoms with Crippen LogP contribution in [0.5, 0.6) is 0 Å². The molecule has 0 spiro atoms. The molecule has 0 saturated carbocycles. The lowest BCUT2D eigenvalue weighted by molar-refractivity contribution is 0.661. The van der Waals surface area contributed by atoms with Crippen LogP contribution in [0, 0.1) is 0 Å². The Morgan fingerprint density at radius 3 is 1.01 bits per heavy atom. The van der Waals surface area contributed by atoms with Crippen molar-refractivity contribution in [3.8, 4) is 66.8 Å². The van der Waals surface area contributed by atoms with Crippen LogP contribution >= 0.6 is 11.3 Å². The van der Waals surface area contributed by atoms with Crippen molar-refractivity contribution in [3.63, 3.8) is 0 Å². The summed E-state index contributed by atoms with van der Waals surface area (Å²) in [5.74, 6) is 0. The Hall–Kier alpha value is -8.10. The quantitative estimate of drug-likeness (QED) is 0.154. The van der Waals surface area contributed by atoms with Gasteiger partial charge in [-0.25, -0.2) is 0 Å². The van der Waals surface area contributed by atoms with Crippen molar-refractivity contribution >= 4 is 74.6 Å². The number of hydrogen-bond acceptors (Lipinski definition) is 1. The Kier molecular flexibility index (Phi) is 8.45. The smallest absolute Gasteiger partial charge is 0.0406 e. The van der Waals surface area contributed by atoms with E-state index in [-0.39, 0.29) is 10.8 Å². The van der Waals surface area contributed by atoms with E-state index >= 15 is 0 Å². The van der Waals surface area contributed by atoms with Crippen molar-refractivity contribution in [1.82, 2.24) is 0 Å². The van der Waals surface area contributed by atoms with E-state index in [9.17, 15) is 0 Å². The number of thiophene rings is 1. The van der Waals surface area contributed by atoms with Gasteiger partial charge in [0, 0.05) is 31.0 Å². The van der Waals surface area contributed by atoms with E-state index < -0.39 is 0 Å². The zero-order chi connectivity index (χ0) is 47.3. The molecular formula is C70H48S. The first-order chi connectivity index (χ1) is 34.8. The minimum Gasteiger partial charge on any atom is -0.135 e. The predicted octanol–water partition coefficient (Wildman–Crippen LogP) is 19.9. The summed E-state index contributed by atoms with van der Waals surface area (Å²) in [5, 5.41) is 13.1. The highest BCUT2D eigenvalue weighted by molar-refractivity contribution is 7.26. The molecule has 0 nitrogen and oxygen atoms in total. The molecule has 0 N–H and O–H groups in total. The summed E-state index contributed by atoms with van der Waals surface area (Å²) < 4.78 is 2.78. The summed E-state index contributed by atoms with van der Waals surface area (Å²) in [6.07, 6.45) is 0. The third-order valence-electron chi connectivity index (χ3n) is 16.6. The van der Waals surface area contributed by atoms with Crippen molar-refractivity contribution < 1.29 is 0 Å². The zero-order valence-corrected chi connectivity index (χ0v) is 41.0. The number of hydrogen-bond donors (Lipinski definition) is 0. The fourth-order valence-electron chi connectivity index (χ4n) is 13.6. The Labute approximate surface area is 418 Å². The van der Waals surface area contributed by atoms with Gasteiger partial charge in [-0.15, -0.1) is 11.3 Å². The molecule has 0 aliphatic heterocycles. The van der Waals surface area contributed by atoms with Gasteiger partial charge in [0.2, 0.25) is 0 Å². The molecule has 0 saturated heterocycles. The highest BCUT2D eigenvalue weighted by atomic mass is 32.1. The van der Waals surface area contributed by atoms with Crippen LogP contribution in [0.2, 0.25) is 0 Å². The molecule has 1 heterocycles. The van der Waals surface area contributed by atoms with Crippen LogP contribution in [0.1, 0.15) is 49.9 Å². The normalized spacial score (nSPS) is 14.1. The van der Waals surface area contributed by atoms with E-state index in [2.05, 4.69) is 246 Å². The molecule has 0 unspecified atom stereocenters. The maximum atomic E-state index is 2.57. The molecule has 13 aromatic rings. The molecule has 0 fully saturated rings. The topological polar surface area (TPSA) is 0 Å². The molecule has 0 bridgehead atoms. The predicted molar refractivity (Wildman–Crippen MR) is 306 cm³/mol. The van der Waals surface area contributed by atoms with Gasteiger partial charge in [-0.05, 0) is 150 Å². The second-order valence-corrected chi connectivity index (χ2v) is 22.0. The summed E-state index contributed by atoms with van der Waals surface area (Å²) in [6, 6.07) is 82.2. The molecule has 15 rings (SSSR count). The molecule has 0 radical (unpaired) electrons. The number of fused-ring (bicyclic) bond motifs is 16. The molecular weight excluding hydrogens is 873 g/mol. The van der Waals surface area contributed by atoms with Gasteiger partial charge < -0.3 is 0 Å². The molecule has 2 aliphatic carbocycles. The van der Waals surface area contributed by atoms with E-state index in [1.165, 1.54) is 152 Å². The highest BCUT2D eigenvalue weighted by Gasteiger charge is 2.47. The maximum Gasteiger partial charge on any atom is 0.0406 e. The van der Waals surface area contributed by atoms with E-state index in [0.29, 0.717) is 0 Å². The first-order valence-corrected chi connectivity index (χ1v) is 25.9. The van der Waals surface area contributed by atoms with Crippen LogP contribution in [0.3, 0.4) is 0 Å². The van der Waals surface area contributed by atoms with Crippen LogP contribution in [0.4, 0.5) is 0 Å². The number of rotatable bonds is 4. The SMILES string of the molecule is CC1(C)c2cc(-c3c4ccccc4c(-c4ccccc4)c4ccccc34)ccc2-c2c3c(c4c(sc5ccccc54)c21)C(C)(C)c1cc(-c2c4ccccc4c(-c4ccccc4)c4ccccc24)ccc1-3. The Balaban J connectivity index is 0.992. The summed E-state index contributed by atoms with van der Waals surface area (Å²) in [6.45, 7) is 9.97. The van der Waals surface area contributed by atoms with Crippen LogP contribution in [-0.2, 0) is 10.8 Å². The van der Waals surface area contributed by atoms with Gasteiger partial charge in [0.1, 0.15) is 0 Å². The van der Waals surface area contributed by atoms with Gasteiger partial charge in [0.15, 0.2) is 0 Å². The first-order valence-electron chi connectivity index (χ1n) is 25.1. The average Bonchev–Trinajstić information content (AvgIpc) is 3.99. The molecule has 0 atom stereocenters. The van der Waals surface area contributed by atoms with E-state index in [4.69, 9.17) is 0 Å². The van der Waals surface area contributed by atoms with Gasteiger partial charge in [-0.3, -0.25) is 0 Å². The van der Waals surface area contributed by atoms with Gasteiger partial charge >= 0.3 is 0 Å². The molecule has 1 heteroatoms. The van der Waals surface area contributed by atoms with Crippen molar-refractivity contribution in [2.24, 2.45) is 0 Å². The van der Waals surface area contributed by atoms with Crippen LogP contribution in [0.15, 0.2) is 218 Å². The standard InChI is InChI=1S/C70H48S/c1-69(2)56-39-43(61-49-29-15-11-25-45(49)59(41-21-7-5-8-22-41)46-26-12-16-30-50(46)61)35-37-53(56)63-64-54-38-36-44(40-57(54)70(3,4)67(64)68-65(66(63)69)55-33-19-20-34-58(55)71-68)62-51-31-17-13-27-47(51)60(42-23-9-6-10-24-42)48-28-14-18-32-52(48)62/h5-40H,1-4H3. The van der Waals surface area contributed by atoms with E-state index in [1.54, 1.807) is 0 Å². The summed E-state index contributed by atoms with van der Waals surface area (Å²) in [5.41, 5.74) is 21.0.